The molecule has 0 aliphatic heterocycles. The molecule has 0 spiro atoms. The molecule has 0 bridgehead atoms. The van der Waals surface area contributed by atoms with E-state index < -0.39 is 0 Å². The van der Waals surface area contributed by atoms with Crippen LogP contribution < -0.4 is 0 Å². The second kappa shape index (κ2) is 5.04. The summed E-state index contributed by atoms with van der Waals surface area (Å²) in [4.78, 5) is 3.74. The maximum Gasteiger partial charge on any atom is 0.133 e. The maximum atomic E-state index is 13.5. The Morgan fingerprint density at radius 2 is 2.19 bits per heavy atom. The molecule has 1 rings (SSSR count). The van der Waals surface area contributed by atoms with Gasteiger partial charge in [0.25, 0.3) is 0 Å². The van der Waals surface area contributed by atoms with E-state index in [1.165, 1.54) is 12.3 Å². The number of benzene rings is 1. The largest absolute Gasteiger partial charge is 0.246 e. The fraction of sp³-hybridized carbons (Fsp3) is 0.0769. The molecule has 0 N–H and O–H groups in total. The number of nitriles is 1. The predicted molar refractivity (Wildman–Crippen MR) is 63.4 cm³/mol. The Labute approximate surface area is 94.1 Å². The first-order chi connectivity index (χ1) is 7.54. The zero-order valence-corrected chi connectivity index (χ0v) is 9.00. The van der Waals surface area contributed by atoms with E-state index >= 15 is 0 Å². The van der Waals surface area contributed by atoms with Crippen molar-refractivity contribution in [2.75, 3.05) is 0 Å². The number of rotatable bonds is 3. The van der Waals surface area contributed by atoms with Crippen molar-refractivity contribution < 1.29 is 4.39 Å². The zero-order valence-electron chi connectivity index (χ0n) is 9.00. The molecule has 1 aromatic carbocycles. The molecular formula is C13H11FN2. The van der Waals surface area contributed by atoms with Crippen molar-refractivity contribution in [2.45, 2.75) is 6.92 Å². The number of hydrogen-bond acceptors (Lipinski definition) is 2. The van der Waals surface area contributed by atoms with E-state index in [0.29, 0.717) is 11.1 Å². The third-order valence-corrected chi connectivity index (χ3v) is 1.98. The van der Waals surface area contributed by atoms with Gasteiger partial charge in [-0.1, -0.05) is 25.3 Å². The molecule has 0 aliphatic carbocycles. The second-order valence-corrected chi connectivity index (χ2v) is 3.33. The van der Waals surface area contributed by atoms with Gasteiger partial charge in [0.05, 0.1) is 0 Å². The Morgan fingerprint density at radius 1 is 1.50 bits per heavy atom. The van der Waals surface area contributed by atoms with Crippen LogP contribution >= 0.6 is 0 Å². The van der Waals surface area contributed by atoms with E-state index in [-0.39, 0.29) is 11.5 Å². The summed E-state index contributed by atoms with van der Waals surface area (Å²) < 4.78 is 13.5. The highest BCUT2D eigenvalue weighted by Crippen LogP contribution is 2.16. The summed E-state index contributed by atoms with van der Waals surface area (Å²) in [6.07, 6.45) is 1.33. The second-order valence-electron chi connectivity index (χ2n) is 3.33. The molecule has 0 saturated heterocycles. The summed E-state index contributed by atoms with van der Waals surface area (Å²) in [5.74, 6) is -0.348. The van der Waals surface area contributed by atoms with E-state index in [9.17, 15) is 4.39 Å². The molecule has 0 fully saturated rings. The number of hydrogen-bond donors (Lipinski definition) is 0. The van der Waals surface area contributed by atoms with Crippen molar-refractivity contribution in [3.05, 3.63) is 54.0 Å². The molecule has 0 radical (unpaired) electrons. The predicted octanol–water partition coefficient (Wildman–Crippen LogP) is 3.26. The van der Waals surface area contributed by atoms with E-state index in [1.807, 2.05) is 0 Å². The van der Waals surface area contributed by atoms with Gasteiger partial charge in [0.2, 0.25) is 0 Å². The summed E-state index contributed by atoms with van der Waals surface area (Å²) in [5, 5.41) is 8.44. The van der Waals surface area contributed by atoms with Gasteiger partial charge in [-0.25, -0.2) is 9.38 Å². The van der Waals surface area contributed by atoms with Crippen molar-refractivity contribution in [3.8, 4) is 6.07 Å². The third-order valence-electron chi connectivity index (χ3n) is 1.98. The van der Waals surface area contributed by atoms with Gasteiger partial charge < -0.3 is 0 Å². The molecule has 0 heterocycles. The molecule has 0 aliphatic rings. The highest BCUT2D eigenvalue weighted by atomic mass is 19.1. The molecule has 0 saturated carbocycles. The number of nitrogens with zero attached hydrogens (tertiary/aromatic N) is 2. The first-order valence-corrected chi connectivity index (χ1v) is 4.63. The highest BCUT2D eigenvalue weighted by Gasteiger charge is 2.04. The number of aliphatic imine (C=N–C) groups is 1. The van der Waals surface area contributed by atoms with Gasteiger partial charge in [0.15, 0.2) is 0 Å². The molecule has 0 aromatic heterocycles. The number of halogens is 1. The lowest BCUT2D eigenvalue weighted by atomic mass is 10.1. The highest BCUT2D eigenvalue weighted by molar-refractivity contribution is 6.09. The normalized spacial score (nSPS) is 10.1. The molecular weight excluding hydrogens is 203 g/mol. The molecule has 0 atom stereocenters. The molecule has 80 valence electrons. The van der Waals surface area contributed by atoms with Crippen LogP contribution in [0.1, 0.15) is 11.1 Å². The first-order valence-electron chi connectivity index (χ1n) is 4.63. The monoisotopic (exact) mass is 214 g/mol. The summed E-state index contributed by atoms with van der Waals surface area (Å²) >= 11 is 0. The van der Waals surface area contributed by atoms with Crippen LogP contribution in [0.25, 0.3) is 5.57 Å². The quantitative estimate of drug-likeness (QED) is 0.562. The van der Waals surface area contributed by atoms with Crippen LogP contribution in [0.15, 0.2) is 42.0 Å². The average Bonchev–Trinajstić information content (AvgIpc) is 2.25. The Morgan fingerprint density at radius 3 is 2.75 bits per heavy atom. The lowest BCUT2D eigenvalue weighted by Gasteiger charge is -2.02. The van der Waals surface area contributed by atoms with Gasteiger partial charge in [0, 0.05) is 11.8 Å². The van der Waals surface area contributed by atoms with Crippen molar-refractivity contribution in [3.63, 3.8) is 0 Å². The molecule has 0 amide bonds. The Bertz CT molecular complexity index is 507. The Kier molecular flexibility index (Phi) is 3.73. The minimum absolute atomic E-state index is 0.0636. The standard InChI is InChI=1S/C13H11FN2/c1-9-4-5-12(13(14)6-9)10(2)8-16-11(3)7-15/h4-6,8H,2-3H2,1H3. The summed E-state index contributed by atoms with van der Waals surface area (Å²) in [6.45, 7) is 8.87. The van der Waals surface area contributed by atoms with Gasteiger partial charge in [-0.05, 0) is 24.1 Å². The van der Waals surface area contributed by atoms with Crippen molar-refractivity contribution in [1.29, 1.82) is 5.26 Å². The smallest absolute Gasteiger partial charge is 0.133 e. The van der Waals surface area contributed by atoms with Crippen LogP contribution in [0.4, 0.5) is 4.39 Å². The first kappa shape index (κ1) is 11.9. The molecule has 3 heteroatoms. The Balaban J connectivity index is 2.94. The van der Waals surface area contributed by atoms with Crippen LogP contribution in [-0.4, -0.2) is 6.21 Å². The van der Waals surface area contributed by atoms with Crippen LogP contribution in [-0.2, 0) is 0 Å². The van der Waals surface area contributed by atoms with Crippen LogP contribution in [0, 0.1) is 24.1 Å². The lowest BCUT2D eigenvalue weighted by Crippen LogP contribution is -1.91. The fourth-order valence-electron chi connectivity index (χ4n) is 1.13. The fourth-order valence-corrected chi connectivity index (χ4v) is 1.13. The molecule has 16 heavy (non-hydrogen) atoms. The van der Waals surface area contributed by atoms with Crippen LogP contribution in [0.2, 0.25) is 0 Å². The van der Waals surface area contributed by atoms with Gasteiger partial charge in [-0.15, -0.1) is 0 Å². The molecule has 1 aromatic rings. The minimum Gasteiger partial charge on any atom is -0.246 e. The Hall–Kier alpha value is -2.21. The zero-order chi connectivity index (χ0) is 12.1. The van der Waals surface area contributed by atoms with Gasteiger partial charge >= 0.3 is 0 Å². The minimum atomic E-state index is -0.348. The van der Waals surface area contributed by atoms with Crippen LogP contribution in [0.5, 0.6) is 0 Å². The summed E-state index contributed by atoms with van der Waals surface area (Å²) in [7, 11) is 0. The molecule has 2 nitrogen and oxygen atoms in total. The lowest BCUT2D eigenvalue weighted by molar-refractivity contribution is 0.623. The van der Waals surface area contributed by atoms with Crippen molar-refractivity contribution >= 4 is 11.8 Å². The van der Waals surface area contributed by atoms with E-state index in [2.05, 4.69) is 18.2 Å². The topological polar surface area (TPSA) is 36.1 Å². The van der Waals surface area contributed by atoms with Gasteiger partial charge in [-0.2, -0.15) is 5.26 Å². The number of allylic oxidation sites excluding steroid dienone is 2. The van der Waals surface area contributed by atoms with E-state index in [4.69, 9.17) is 5.26 Å². The number of aryl methyl sites for hydroxylation is 1. The molecule has 0 unspecified atom stereocenters. The third kappa shape index (κ3) is 2.89. The van der Waals surface area contributed by atoms with E-state index in [0.717, 1.165) is 5.56 Å². The SMILES string of the molecule is C=C(C#N)N=CC(=C)c1ccc(C)cc1F. The average molecular weight is 214 g/mol. The van der Waals surface area contributed by atoms with Gasteiger partial charge in [0.1, 0.15) is 17.6 Å². The maximum absolute atomic E-state index is 13.5. The van der Waals surface area contributed by atoms with Crippen molar-refractivity contribution in [2.24, 2.45) is 4.99 Å². The summed E-state index contributed by atoms with van der Waals surface area (Å²) in [6, 6.07) is 6.61. The van der Waals surface area contributed by atoms with Gasteiger partial charge in [-0.3, -0.25) is 0 Å². The van der Waals surface area contributed by atoms with Crippen LogP contribution in [0.3, 0.4) is 0 Å². The summed E-state index contributed by atoms with van der Waals surface area (Å²) in [5.41, 5.74) is 1.69. The van der Waals surface area contributed by atoms with E-state index in [1.54, 1.807) is 25.1 Å². The van der Waals surface area contributed by atoms with Crippen molar-refractivity contribution in [1.82, 2.24) is 0 Å².